The largest absolute Gasteiger partial charge is 0.384 e. The Morgan fingerprint density at radius 3 is 1.29 bits per heavy atom. The molecule has 2 amide bonds. The smallest absolute Gasteiger partial charge is 0.269 e. The molecule has 2 aromatic carbocycles. The molecule has 2 saturated carbocycles. The summed E-state index contributed by atoms with van der Waals surface area (Å²) in [7, 11) is 6.40. The van der Waals surface area contributed by atoms with Crippen LogP contribution in [-0.4, -0.2) is 101 Å². The number of benzene rings is 2. The van der Waals surface area contributed by atoms with Gasteiger partial charge in [-0.1, -0.05) is 60.7 Å². The summed E-state index contributed by atoms with van der Waals surface area (Å²) in [6.45, 7) is 3.86. The molecule has 2 N–H and O–H groups in total. The summed E-state index contributed by atoms with van der Waals surface area (Å²) in [4.78, 5) is 59.8. The van der Waals surface area contributed by atoms with E-state index in [-0.39, 0.29) is 46.6 Å². The molecule has 4 heterocycles. The molecule has 12 heteroatoms. The second-order valence-corrected chi connectivity index (χ2v) is 15.6. The number of hydrogen-bond acceptors (Lipinski definition) is 10. The van der Waals surface area contributed by atoms with E-state index in [4.69, 9.17) is 18.9 Å². The monoisotopic (exact) mass is 788 g/mol. The van der Waals surface area contributed by atoms with Crippen LogP contribution in [0.3, 0.4) is 0 Å². The lowest BCUT2D eigenvalue weighted by molar-refractivity contribution is 0.0936. The Morgan fingerprint density at radius 2 is 0.966 bits per heavy atom. The van der Waals surface area contributed by atoms with Crippen LogP contribution in [0, 0.1) is 35.5 Å². The standard InChI is InChI=1S/2C23H26N2O4/c2*1-24-23(27)21-9-15(22(26)10-16-18-12-29-13-19(16)18)8-20(25-21)17(11-28-2)14-6-4-3-5-7-14/h2*3-9,16-19H,10-13H2,1-2H3,(H,24,27)/t2*16?,17-,18-,19+/m10/s1. The topological polar surface area (TPSA) is 155 Å². The Hall–Kier alpha value is -5.14. The molecule has 8 atom stereocenters. The fourth-order valence-electron chi connectivity index (χ4n) is 8.67. The Balaban J connectivity index is 0.000000177. The van der Waals surface area contributed by atoms with Crippen molar-refractivity contribution in [3.05, 3.63) is 130 Å². The first kappa shape index (κ1) is 41.0. The number of rotatable bonds is 16. The third kappa shape index (κ3) is 9.26. The second-order valence-electron chi connectivity index (χ2n) is 15.6. The van der Waals surface area contributed by atoms with E-state index in [1.165, 1.54) is 0 Å². The van der Waals surface area contributed by atoms with Crippen molar-refractivity contribution in [1.82, 2.24) is 20.6 Å². The molecule has 2 saturated heterocycles. The molecular formula is C46H52N4O8. The normalized spacial score (nSPS) is 23.3. The molecule has 4 aliphatic rings. The zero-order chi connectivity index (χ0) is 40.8. The van der Waals surface area contributed by atoms with Crippen LogP contribution in [0.4, 0.5) is 0 Å². The molecule has 0 spiro atoms. The van der Waals surface area contributed by atoms with Gasteiger partial charge in [0.05, 0.1) is 51.0 Å². The number of methoxy groups -OCH3 is 2. The second kappa shape index (κ2) is 18.6. The molecule has 12 nitrogen and oxygen atoms in total. The van der Waals surface area contributed by atoms with Crippen LogP contribution < -0.4 is 10.6 Å². The Labute approximate surface area is 339 Å². The van der Waals surface area contributed by atoms with Crippen LogP contribution in [0.5, 0.6) is 0 Å². The number of aromatic nitrogens is 2. The van der Waals surface area contributed by atoms with Gasteiger partial charge in [0, 0.05) is 64.1 Å². The lowest BCUT2D eigenvalue weighted by Gasteiger charge is -2.18. The highest BCUT2D eigenvalue weighted by Gasteiger charge is 2.55. The lowest BCUT2D eigenvalue weighted by Crippen LogP contribution is -2.22. The lowest BCUT2D eigenvalue weighted by atomic mass is 9.93. The molecule has 2 aromatic heterocycles. The number of carbonyl (C=O) groups is 4. The third-order valence-corrected chi connectivity index (χ3v) is 12.1. The molecule has 58 heavy (non-hydrogen) atoms. The van der Waals surface area contributed by atoms with Crippen molar-refractivity contribution in [2.24, 2.45) is 35.5 Å². The number of fused-ring (bicyclic) bond motifs is 2. The quantitative estimate of drug-likeness (QED) is 0.142. The van der Waals surface area contributed by atoms with Crippen LogP contribution in [0.2, 0.25) is 0 Å². The van der Waals surface area contributed by atoms with E-state index in [0.29, 0.717) is 84.1 Å². The van der Waals surface area contributed by atoms with Crippen molar-refractivity contribution in [2.75, 3.05) is 68.0 Å². The van der Waals surface area contributed by atoms with Crippen LogP contribution in [0.25, 0.3) is 0 Å². The van der Waals surface area contributed by atoms with Gasteiger partial charge in [0.2, 0.25) is 0 Å². The van der Waals surface area contributed by atoms with E-state index in [2.05, 4.69) is 20.6 Å². The minimum absolute atomic E-state index is 0.0578. The number of Topliss-reactive ketones (excluding diaryl/α,β-unsaturated/α-hetero) is 2. The first-order valence-electron chi connectivity index (χ1n) is 20.0. The summed E-state index contributed by atoms with van der Waals surface area (Å²) >= 11 is 0. The number of pyridine rings is 2. The maximum Gasteiger partial charge on any atom is 0.269 e. The maximum atomic E-state index is 13.0. The van der Waals surface area contributed by atoms with Crippen LogP contribution in [0.15, 0.2) is 84.9 Å². The summed E-state index contributed by atoms with van der Waals surface area (Å²) in [5, 5.41) is 5.22. The van der Waals surface area contributed by atoms with E-state index in [1.54, 1.807) is 40.4 Å². The highest BCUT2D eigenvalue weighted by atomic mass is 16.5. The van der Waals surface area contributed by atoms with Crippen molar-refractivity contribution >= 4 is 23.4 Å². The summed E-state index contributed by atoms with van der Waals surface area (Å²) in [5.74, 6) is 2.06. The Bertz CT molecular complexity index is 1930. The summed E-state index contributed by atoms with van der Waals surface area (Å²) in [6, 6.07) is 26.6. The molecule has 0 radical (unpaired) electrons. The van der Waals surface area contributed by atoms with Crippen LogP contribution in [-0.2, 0) is 18.9 Å². The first-order valence-corrected chi connectivity index (χ1v) is 20.0. The molecule has 2 aliphatic carbocycles. The van der Waals surface area contributed by atoms with Gasteiger partial charge in [-0.15, -0.1) is 0 Å². The van der Waals surface area contributed by atoms with Gasteiger partial charge >= 0.3 is 0 Å². The number of hydrogen-bond donors (Lipinski definition) is 2. The molecule has 2 unspecified atom stereocenters. The van der Waals surface area contributed by atoms with E-state index >= 15 is 0 Å². The average Bonchev–Trinajstić information content (AvgIpc) is 3.85. The molecule has 8 rings (SSSR count). The van der Waals surface area contributed by atoms with Gasteiger partial charge in [0.15, 0.2) is 11.6 Å². The SMILES string of the molecule is CNC(=O)c1cc(C(=O)CC2[C@H]3COC[C@@H]23)cc([C@@H](COC)c2ccccc2)n1.CNC(=O)c1cc(C(=O)CC2[C@H]3COC[C@@H]23)cc([C@H](COC)c2ccccc2)n1. The molecule has 0 bridgehead atoms. The Kier molecular flexibility index (Phi) is 13.2. The summed E-state index contributed by atoms with van der Waals surface area (Å²) < 4.78 is 21.7. The number of ether oxygens (including phenoxy) is 4. The van der Waals surface area contributed by atoms with Crippen molar-refractivity contribution in [3.63, 3.8) is 0 Å². The van der Waals surface area contributed by atoms with Crippen molar-refractivity contribution in [2.45, 2.75) is 24.7 Å². The average molecular weight is 789 g/mol. The molecule has 304 valence electrons. The predicted octanol–water partition coefficient (Wildman–Crippen LogP) is 5.37. The van der Waals surface area contributed by atoms with Crippen molar-refractivity contribution in [3.8, 4) is 0 Å². The maximum absolute atomic E-state index is 13.0. The van der Waals surface area contributed by atoms with Gasteiger partial charge < -0.3 is 29.6 Å². The van der Waals surface area contributed by atoms with Crippen molar-refractivity contribution in [1.29, 1.82) is 0 Å². The number of carbonyl (C=O) groups excluding carboxylic acids is 4. The van der Waals surface area contributed by atoms with Crippen molar-refractivity contribution < 1.29 is 38.1 Å². The fourth-order valence-corrected chi connectivity index (χ4v) is 8.67. The van der Waals surface area contributed by atoms with E-state index in [9.17, 15) is 19.2 Å². The highest BCUT2D eigenvalue weighted by molar-refractivity contribution is 6.01. The summed E-state index contributed by atoms with van der Waals surface area (Å²) in [6.07, 6.45) is 0.991. The Morgan fingerprint density at radius 1 is 0.603 bits per heavy atom. The first-order chi connectivity index (χ1) is 28.2. The van der Waals surface area contributed by atoms with Gasteiger partial charge in [0.25, 0.3) is 11.8 Å². The van der Waals surface area contributed by atoms with E-state index in [1.807, 2.05) is 72.8 Å². The number of amides is 2. The zero-order valence-electron chi connectivity index (χ0n) is 33.5. The van der Waals surface area contributed by atoms with Crippen LogP contribution in [0.1, 0.15) is 88.9 Å². The van der Waals surface area contributed by atoms with E-state index in [0.717, 1.165) is 37.6 Å². The number of nitrogens with one attached hydrogen (secondary N) is 2. The molecule has 4 fully saturated rings. The van der Waals surface area contributed by atoms with Gasteiger partial charge in [-0.3, -0.25) is 19.2 Å². The zero-order valence-corrected chi connectivity index (χ0v) is 33.5. The van der Waals surface area contributed by atoms with Gasteiger partial charge in [-0.25, -0.2) is 9.97 Å². The van der Waals surface area contributed by atoms with E-state index < -0.39 is 0 Å². The van der Waals surface area contributed by atoms with Crippen LogP contribution >= 0.6 is 0 Å². The third-order valence-electron chi connectivity index (χ3n) is 12.1. The number of nitrogens with zero attached hydrogens (tertiary/aromatic N) is 2. The summed E-state index contributed by atoms with van der Waals surface area (Å²) in [5.41, 5.74) is 4.98. The minimum atomic E-state index is -0.304. The molecular weight excluding hydrogens is 737 g/mol. The highest BCUT2D eigenvalue weighted by Crippen LogP contribution is 2.53. The predicted molar refractivity (Wildman–Crippen MR) is 216 cm³/mol. The molecule has 4 aromatic rings. The minimum Gasteiger partial charge on any atom is -0.384 e. The van der Waals surface area contributed by atoms with Gasteiger partial charge in [-0.2, -0.15) is 0 Å². The molecule has 2 aliphatic heterocycles. The van der Waals surface area contributed by atoms with Gasteiger partial charge in [0.1, 0.15) is 11.4 Å². The number of ketones is 2. The van der Waals surface area contributed by atoms with Gasteiger partial charge in [-0.05, 0) is 70.9 Å². The fraction of sp³-hybridized carbons (Fsp3) is 0.435.